The van der Waals surface area contributed by atoms with Gasteiger partial charge in [-0.15, -0.1) is 0 Å². The molecule has 18 heavy (non-hydrogen) atoms. The van der Waals surface area contributed by atoms with Gasteiger partial charge < -0.3 is 10.1 Å². The molecule has 1 aliphatic heterocycles. The molecular formula is C16H31NO. The van der Waals surface area contributed by atoms with E-state index < -0.39 is 0 Å². The van der Waals surface area contributed by atoms with Gasteiger partial charge in [0.2, 0.25) is 0 Å². The highest BCUT2D eigenvalue weighted by molar-refractivity contribution is 4.92. The Morgan fingerprint density at radius 2 is 2.06 bits per heavy atom. The molecule has 2 unspecified atom stereocenters. The minimum absolute atomic E-state index is 0.266. The fourth-order valence-electron chi connectivity index (χ4n) is 3.99. The number of nitrogens with one attached hydrogen (secondary N) is 1. The van der Waals surface area contributed by atoms with Crippen LogP contribution < -0.4 is 5.32 Å². The summed E-state index contributed by atoms with van der Waals surface area (Å²) in [7, 11) is 2.14. The minimum Gasteiger partial charge on any atom is -0.375 e. The number of ether oxygens (including phenoxy) is 1. The van der Waals surface area contributed by atoms with Crippen molar-refractivity contribution in [2.45, 2.75) is 82.8 Å². The summed E-state index contributed by atoms with van der Waals surface area (Å²) in [4.78, 5) is 0. The first-order chi connectivity index (χ1) is 8.79. The summed E-state index contributed by atoms with van der Waals surface area (Å²) >= 11 is 0. The maximum absolute atomic E-state index is 6.21. The summed E-state index contributed by atoms with van der Waals surface area (Å²) in [5.41, 5.74) is 0.266. The van der Waals surface area contributed by atoms with E-state index >= 15 is 0 Å². The molecule has 0 aromatic heterocycles. The summed E-state index contributed by atoms with van der Waals surface area (Å²) in [6, 6.07) is 0.715. The lowest BCUT2D eigenvalue weighted by atomic mass is 9.73. The molecule has 0 aromatic rings. The third kappa shape index (κ3) is 3.48. The Balaban J connectivity index is 1.91. The quantitative estimate of drug-likeness (QED) is 0.802. The molecule has 1 saturated carbocycles. The SMILES string of the molecule is CCCCC(NC)C1CCOC2(CCCCC2)C1. The van der Waals surface area contributed by atoms with Gasteiger partial charge in [-0.25, -0.2) is 0 Å². The Hall–Kier alpha value is -0.0800. The van der Waals surface area contributed by atoms with Crippen molar-refractivity contribution in [2.24, 2.45) is 5.92 Å². The van der Waals surface area contributed by atoms with E-state index in [1.807, 2.05) is 0 Å². The van der Waals surface area contributed by atoms with Gasteiger partial charge in [0.05, 0.1) is 5.60 Å². The maximum Gasteiger partial charge on any atom is 0.0685 e. The topological polar surface area (TPSA) is 21.3 Å². The number of hydrogen-bond acceptors (Lipinski definition) is 2. The van der Waals surface area contributed by atoms with Crippen molar-refractivity contribution < 1.29 is 4.74 Å². The largest absolute Gasteiger partial charge is 0.375 e. The van der Waals surface area contributed by atoms with Gasteiger partial charge in [0.1, 0.15) is 0 Å². The molecule has 2 nitrogen and oxygen atoms in total. The third-order valence-corrected chi connectivity index (χ3v) is 5.10. The lowest BCUT2D eigenvalue weighted by molar-refractivity contribution is -0.121. The molecule has 2 atom stereocenters. The molecule has 1 N–H and O–H groups in total. The van der Waals surface area contributed by atoms with Crippen molar-refractivity contribution in [3.63, 3.8) is 0 Å². The molecule has 1 heterocycles. The number of hydrogen-bond donors (Lipinski definition) is 1. The fourth-order valence-corrected chi connectivity index (χ4v) is 3.99. The Morgan fingerprint density at radius 3 is 2.72 bits per heavy atom. The van der Waals surface area contributed by atoms with Gasteiger partial charge in [-0.3, -0.25) is 0 Å². The molecule has 0 bridgehead atoms. The van der Waals surface area contributed by atoms with Crippen LogP contribution >= 0.6 is 0 Å². The molecule has 2 aliphatic rings. The summed E-state index contributed by atoms with van der Waals surface area (Å²) in [5.74, 6) is 0.841. The standard InChI is InChI=1S/C16H31NO/c1-3-4-8-15(17-2)14-9-12-18-16(13-14)10-6-5-7-11-16/h14-15,17H,3-13H2,1-2H3. The van der Waals surface area contributed by atoms with Crippen molar-refractivity contribution in [1.29, 1.82) is 0 Å². The van der Waals surface area contributed by atoms with Gasteiger partial charge in [-0.2, -0.15) is 0 Å². The van der Waals surface area contributed by atoms with E-state index in [0.29, 0.717) is 6.04 Å². The third-order valence-electron chi connectivity index (χ3n) is 5.10. The van der Waals surface area contributed by atoms with Crippen molar-refractivity contribution in [3.8, 4) is 0 Å². The van der Waals surface area contributed by atoms with Crippen LogP contribution in [0.1, 0.15) is 71.1 Å². The zero-order valence-corrected chi connectivity index (χ0v) is 12.3. The average molecular weight is 253 g/mol. The highest BCUT2D eigenvalue weighted by Crippen LogP contribution is 2.42. The first kappa shape index (κ1) is 14.3. The van der Waals surface area contributed by atoms with Crippen LogP contribution in [0.15, 0.2) is 0 Å². The highest BCUT2D eigenvalue weighted by Gasteiger charge is 2.40. The Kier molecular flexibility index (Phi) is 5.50. The smallest absolute Gasteiger partial charge is 0.0685 e. The predicted molar refractivity (Wildman–Crippen MR) is 76.9 cm³/mol. The highest BCUT2D eigenvalue weighted by atomic mass is 16.5. The van der Waals surface area contributed by atoms with E-state index in [1.165, 1.54) is 64.2 Å². The van der Waals surface area contributed by atoms with Gasteiger partial charge in [-0.1, -0.05) is 39.0 Å². The molecule has 1 aliphatic carbocycles. The van der Waals surface area contributed by atoms with Crippen LogP contribution in [0.4, 0.5) is 0 Å². The van der Waals surface area contributed by atoms with Gasteiger partial charge in [0.25, 0.3) is 0 Å². The second-order valence-corrected chi connectivity index (χ2v) is 6.38. The average Bonchev–Trinajstić information content (AvgIpc) is 2.41. The summed E-state index contributed by atoms with van der Waals surface area (Å²) < 4.78 is 6.21. The molecular weight excluding hydrogens is 222 g/mol. The van der Waals surface area contributed by atoms with Gasteiger partial charge >= 0.3 is 0 Å². The lowest BCUT2D eigenvalue weighted by Crippen LogP contribution is -2.47. The van der Waals surface area contributed by atoms with E-state index in [9.17, 15) is 0 Å². The van der Waals surface area contributed by atoms with Crippen LogP contribution in [-0.4, -0.2) is 25.3 Å². The van der Waals surface area contributed by atoms with Gasteiger partial charge in [0, 0.05) is 12.6 Å². The van der Waals surface area contributed by atoms with Crippen LogP contribution in [-0.2, 0) is 4.74 Å². The van der Waals surface area contributed by atoms with E-state index in [0.717, 1.165) is 12.5 Å². The van der Waals surface area contributed by atoms with Crippen LogP contribution in [0.3, 0.4) is 0 Å². The molecule has 2 heteroatoms. The van der Waals surface area contributed by atoms with E-state index in [-0.39, 0.29) is 5.60 Å². The van der Waals surface area contributed by atoms with Crippen LogP contribution in [0.5, 0.6) is 0 Å². The molecule has 1 saturated heterocycles. The Labute approximate surface area is 113 Å². The number of unbranched alkanes of at least 4 members (excludes halogenated alkanes) is 1. The van der Waals surface area contributed by atoms with Crippen molar-refractivity contribution >= 4 is 0 Å². The molecule has 0 radical (unpaired) electrons. The monoisotopic (exact) mass is 253 g/mol. The number of rotatable bonds is 5. The van der Waals surface area contributed by atoms with Crippen LogP contribution in [0.25, 0.3) is 0 Å². The minimum atomic E-state index is 0.266. The molecule has 1 spiro atoms. The van der Waals surface area contributed by atoms with Crippen LogP contribution in [0.2, 0.25) is 0 Å². The first-order valence-corrected chi connectivity index (χ1v) is 8.11. The van der Waals surface area contributed by atoms with Gasteiger partial charge in [0.15, 0.2) is 0 Å². The summed E-state index contributed by atoms with van der Waals surface area (Å²) in [6.07, 6.45) is 13.4. The van der Waals surface area contributed by atoms with Gasteiger partial charge in [-0.05, 0) is 45.1 Å². The molecule has 0 amide bonds. The van der Waals surface area contributed by atoms with E-state index in [4.69, 9.17) is 4.74 Å². The lowest BCUT2D eigenvalue weighted by Gasteiger charge is -2.45. The zero-order chi connectivity index (χ0) is 12.8. The predicted octanol–water partition coefficient (Wildman–Crippen LogP) is 3.89. The maximum atomic E-state index is 6.21. The fraction of sp³-hybridized carbons (Fsp3) is 1.00. The Morgan fingerprint density at radius 1 is 1.28 bits per heavy atom. The molecule has 0 aromatic carbocycles. The van der Waals surface area contributed by atoms with Crippen molar-refractivity contribution in [1.82, 2.24) is 5.32 Å². The van der Waals surface area contributed by atoms with E-state index in [1.54, 1.807) is 0 Å². The van der Waals surface area contributed by atoms with Crippen LogP contribution in [0, 0.1) is 5.92 Å². The molecule has 2 fully saturated rings. The molecule has 2 rings (SSSR count). The summed E-state index contributed by atoms with van der Waals surface area (Å²) in [5, 5.41) is 3.57. The summed E-state index contributed by atoms with van der Waals surface area (Å²) in [6.45, 7) is 3.29. The van der Waals surface area contributed by atoms with E-state index in [2.05, 4.69) is 19.3 Å². The molecule has 106 valence electrons. The second kappa shape index (κ2) is 6.91. The first-order valence-electron chi connectivity index (χ1n) is 8.11. The Bertz CT molecular complexity index is 230. The van der Waals surface area contributed by atoms with Crippen molar-refractivity contribution in [2.75, 3.05) is 13.7 Å². The second-order valence-electron chi connectivity index (χ2n) is 6.38. The van der Waals surface area contributed by atoms with Crippen molar-refractivity contribution in [3.05, 3.63) is 0 Å². The zero-order valence-electron chi connectivity index (χ0n) is 12.3. The normalized spacial score (nSPS) is 29.3.